The molecular formula is C40H54N8O3. The zero-order chi connectivity index (χ0) is 35.6. The lowest BCUT2D eigenvalue weighted by Gasteiger charge is -2.26. The summed E-state index contributed by atoms with van der Waals surface area (Å²) in [5.74, 6) is -0.310. The van der Waals surface area contributed by atoms with Crippen molar-refractivity contribution >= 4 is 28.5 Å². The molecular weight excluding hydrogens is 640 g/mol. The number of fused-ring (bicyclic) bond motifs is 1. The summed E-state index contributed by atoms with van der Waals surface area (Å²) in [6, 6.07) is 15.4. The summed E-state index contributed by atoms with van der Waals surface area (Å²) in [4.78, 5) is 33.4. The van der Waals surface area contributed by atoms with Gasteiger partial charge in [0.15, 0.2) is 5.65 Å². The van der Waals surface area contributed by atoms with E-state index in [0.29, 0.717) is 13.1 Å². The van der Waals surface area contributed by atoms with Gasteiger partial charge in [0.1, 0.15) is 0 Å². The van der Waals surface area contributed by atoms with E-state index in [9.17, 15) is 9.59 Å². The minimum atomic E-state index is -0.164. The molecule has 2 aliphatic heterocycles. The number of carbonyl (C=O) groups is 2. The van der Waals surface area contributed by atoms with Crippen LogP contribution in [-0.2, 0) is 46.9 Å². The van der Waals surface area contributed by atoms with E-state index in [1.807, 2.05) is 10.9 Å². The predicted molar refractivity (Wildman–Crippen MR) is 202 cm³/mol. The number of hydrogen-bond donors (Lipinski definition) is 4. The van der Waals surface area contributed by atoms with Crippen LogP contribution in [0.5, 0.6) is 0 Å². The van der Waals surface area contributed by atoms with Crippen molar-refractivity contribution < 1.29 is 14.3 Å². The second-order valence-electron chi connectivity index (χ2n) is 13.8. The molecule has 2 aromatic heterocycles. The van der Waals surface area contributed by atoms with Crippen molar-refractivity contribution in [2.75, 3.05) is 44.7 Å². The minimum Gasteiger partial charge on any atom is -0.381 e. The molecule has 2 aliphatic rings. The first-order valence-electron chi connectivity index (χ1n) is 18.8. The Hall–Kier alpha value is -4.32. The molecule has 11 heteroatoms. The summed E-state index contributed by atoms with van der Waals surface area (Å²) < 4.78 is 7.50. The topological polar surface area (TPSA) is 125 Å². The Morgan fingerprint density at radius 1 is 0.961 bits per heavy atom. The molecule has 0 bridgehead atoms. The van der Waals surface area contributed by atoms with Crippen LogP contribution in [-0.4, -0.2) is 76.9 Å². The van der Waals surface area contributed by atoms with Crippen molar-refractivity contribution in [1.29, 1.82) is 0 Å². The fourth-order valence-corrected chi connectivity index (χ4v) is 7.14. The van der Waals surface area contributed by atoms with Crippen molar-refractivity contribution in [3.8, 4) is 11.1 Å². The lowest BCUT2D eigenvalue weighted by molar-refractivity contribution is -0.126. The third-order valence-electron chi connectivity index (χ3n) is 10.1. The average molecular weight is 695 g/mol. The summed E-state index contributed by atoms with van der Waals surface area (Å²) in [6.07, 6.45) is 5.83. The van der Waals surface area contributed by atoms with Gasteiger partial charge >= 0.3 is 0 Å². The molecule has 0 unspecified atom stereocenters. The van der Waals surface area contributed by atoms with Gasteiger partial charge in [0.2, 0.25) is 11.8 Å². The molecule has 11 nitrogen and oxygen atoms in total. The molecule has 2 fully saturated rings. The molecule has 0 spiro atoms. The number of carbonyl (C=O) groups excluding carboxylic acids is 2. The Morgan fingerprint density at radius 2 is 1.76 bits per heavy atom. The zero-order valence-electron chi connectivity index (χ0n) is 30.5. The SMILES string of the molecule is CCc1nc2c(cnn2CC)c(NC2CCOCC2)c1CNC(=O)CCC(=O)NCc1ccc(C)c(-c2cccc(CN3CCCNCC3)c2)c1. The van der Waals surface area contributed by atoms with E-state index < -0.39 is 0 Å². The number of rotatable bonds is 14. The van der Waals surface area contributed by atoms with Crippen LogP contribution in [0, 0.1) is 6.92 Å². The molecule has 0 radical (unpaired) electrons. The standard InChI is InChI=1S/C40H54N8O3/c1-4-36-34(39(45-32-14-20-51-21-15-32)35-26-44-48(5-2)40(35)46-36)25-43-38(50)13-12-37(49)42-24-29-11-10-28(3)33(23-29)31-9-6-8-30(22-31)27-47-18-7-16-41-17-19-47/h6,8-11,22-23,26,32,41H,4-5,7,12-21,24-25,27H2,1-3H3,(H,42,49)(H,43,50)(H,45,46). The minimum absolute atomic E-state index is 0.110. The zero-order valence-corrected chi connectivity index (χ0v) is 30.5. The number of anilines is 1. The van der Waals surface area contributed by atoms with Gasteiger partial charge in [-0.15, -0.1) is 0 Å². The molecule has 0 saturated carbocycles. The first-order chi connectivity index (χ1) is 24.9. The molecule has 272 valence electrons. The summed E-state index contributed by atoms with van der Waals surface area (Å²) in [6.45, 7) is 14.4. The molecule has 4 N–H and O–H groups in total. The van der Waals surface area contributed by atoms with Crippen LogP contribution in [0.3, 0.4) is 0 Å². The van der Waals surface area contributed by atoms with Crippen LogP contribution in [0.4, 0.5) is 5.69 Å². The fourth-order valence-electron chi connectivity index (χ4n) is 7.14. The van der Waals surface area contributed by atoms with Gasteiger partial charge in [-0.05, 0) is 92.6 Å². The lowest BCUT2D eigenvalue weighted by Crippen LogP contribution is -2.30. The number of hydrogen-bond acceptors (Lipinski definition) is 8. The lowest BCUT2D eigenvalue weighted by atomic mass is 9.96. The number of nitrogens with zero attached hydrogens (tertiary/aromatic N) is 4. The number of ether oxygens (including phenoxy) is 1. The van der Waals surface area contributed by atoms with Gasteiger partial charge in [-0.2, -0.15) is 5.10 Å². The second kappa shape index (κ2) is 17.7. The Labute approximate surface area is 301 Å². The van der Waals surface area contributed by atoms with E-state index in [0.717, 1.165) is 105 Å². The maximum absolute atomic E-state index is 13.0. The van der Waals surface area contributed by atoms with Crippen LogP contribution >= 0.6 is 0 Å². The monoisotopic (exact) mass is 694 g/mol. The van der Waals surface area contributed by atoms with Gasteiger partial charge in [-0.3, -0.25) is 14.5 Å². The first-order valence-corrected chi connectivity index (χ1v) is 18.8. The van der Waals surface area contributed by atoms with E-state index in [1.165, 1.54) is 28.7 Å². The van der Waals surface area contributed by atoms with Crippen LogP contribution < -0.4 is 21.3 Å². The van der Waals surface area contributed by atoms with Crippen molar-refractivity contribution in [2.24, 2.45) is 0 Å². The summed E-state index contributed by atoms with van der Waals surface area (Å²) in [7, 11) is 0. The number of benzene rings is 2. The molecule has 4 aromatic rings. The molecule has 2 saturated heterocycles. The van der Waals surface area contributed by atoms with Crippen LogP contribution in [0.15, 0.2) is 48.7 Å². The van der Waals surface area contributed by atoms with E-state index in [4.69, 9.17) is 9.72 Å². The van der Waals surface area contributed by atoms with E-state index >= 15 is 0 Å². The van der Waals surface area contributed by atoms with E-state index in [-0.39, 0.29) is 30.7 Å². The number of amides is 2. The maximum Gasteiger partial charge on any atom is 0.220 e. The molecule has 51 heavy (non-hydrogen) atoms. The smallest absolute Gasteiger partial charge is 0.220 e. The highest BCUT2D eigenvalue weighted by Gasteiger charge is 2.22. The van der Waals surface area contributed by atoms with Crippen LogP contribution in [0.25, 0.3) is 22.2 Å². The average Bonchev–Trinajstić information content (AvgIpc) is 3.40. The van der Waals surface area contributed by atoms with Crippen molar-refractivity contribution in [1.82, 2.24) is 35.6 Å². The largest absolute Gasteiger partial charge is 0.381 e. The Kier molecular flexibility index (Phi) is 12.7. The molecule has 4 heterocycles. The van der Waals surface area contributed by atoms with E-state index in [1.54, 1.807) is 0 Å². The number of nitrogens with one attached hydrogen (secondary N) is 4. The summed E-state index contributed by atoms with van der Waals surface area (Å²) in [5.41, 5.74) is 9.65. The third-order valence-corrected chi connectivity index (χ3v) is 10.1. The van der Waals surface area contributed by atoms with Crippen molar-refractivity contribution in [3.63, 3.8) is 0 Å². The highest BCUT2D eigenvalue weighted by atomic mass is 16.5. The van der Waals surface area contributed by atoms with Crippen molar-refractivity contribution in [3.05, 3.63) is 76.6 Å². The van der Waals surface area contributed by atoms with Crippen LogP contribution in [0.1, 0.15) is 73.9 Å². The first kappa shape index (κ1) is 36.5. The fraction of sp³-hybridized carbons (Fsp3) is 0.500. The Bertz CT molecular complexity index is 1790. The third kappa shape index (κ3) is 9.52. The normalized spacial score (nSPS) is 15.8. The number of aryl methyl sites for hydroxylation is 3. The predicted octanol–water partition coefficient (Wildman–Crippen LogP) is 5.09. The summed E-state index contributed by atoms with van der Waals surface area (Å²) >= 11 is 0. The highest BCUT2D eigenvalue weighted by Crippen LogP contribution is 2.31. The number of aromatic nitrogens is 3. The Morgan fingerprint density at radius 3 is 2.55 bits per heavy atom. The quantitative estimate of drug-likeness (QED) is 0.144. The van der Waals surface area contributed by atoms with E-state index in [2.05, 4.69) is 94.5 Å². The number of pyridine rings is 1. The molecule has 0 aliphatic carbocycles. The van der Waals surface area contributed by atoms with Gasteiger partial charge in [-0.25, -0.2) is 9.67 Å². The van der Waals surface area contributed by atoms with Gasteiger partial charge in [-0.1, -0.05) is 37.3 Å². The molecule has 2 aromatic carbocycles. The Balaban J connectivity index is 1.04. The molecule has 2 amide bonds. The highest BCUT2D eigenvalue weighted by molar-refractivity contribution is 5.92. The second-order valence-corrected chi connectivity index (χ2v) is 13.8. The summed E-state index contributed by atoms with van der Waals surface area (Å²) in [5, 5.41) is 18.9. The molecule has 6 rings (SSSR count). The van der Waals surface area contributed by atoms with Gasteiger partial charge in [0.25, 0.3) is 0 Å². The van der Waals surface area contributed by atoms with Gasteiger partial charge < -0.3 is 26.0 Å². The maximum atomic E-state index is 13.0. The van der Waals surface area contributed by atoms with Gasteiger partial charge in [0.05, 0.1) is 17.3 Å². The van der Waals surface area contributed by atoms with Crippen LogP contribution in [0.2, 0.25) is 0 Å². The molecule has 0 atom stereocenters. The van der Waals surface area contributed by atoms with Crippen molar-refractivity contribution in [2.45, 2.75) is 91.5 Å². The van der Waals surface area contributed by atoms with Gasteiger partial charge in [0, 0.05) is 82.6 Å².